The number of nitrogens with zero attached hydrogens (tertiary/aromatic N) is 4. The Hall–Kier alpha value is -1.87. The normalized spacial score (nSPS) is 34.2. The molecule has 0 spiro atoms. The van der Waals surface area contributed by atoms with Crippen LogP contribution in [0.2, 0.25) is 0 Å². The molecule has 6 nitrogen and oxygen atoms in total. The molecule has 2 aliphatic rings. The largest absolute Gasteiger partial charge is 0.336 e. The van der Waals surface area contributed by atoms with Gasteiger partial charge in [-0.1, -0.05) is 0 Å². The van der Waals surface area contributed by atoms with E-state index in [2.05, 4.69) is 23.3 Å². The molecule has 130 valence electrons. The number of rotatable bonds is 3. The number of amides is 1. The first-order chi connectivity index (χ1) is 11.4. The highest BCUT2D eigenvalue weighted by molar-refractivity contribution is 5.77. The van der Waals surface area contributed by atoms with Gasteiger partial charge in [-0.3, -0.25) is 4.79 Å². The lowest BCUT2D eigenvalue weighted by molar-refractivity contribution is -0.136. The Bertz CT molecular complexity index is 638. The molecule has 6 heteroatoms. The fraction of sp³-hybridized carbons (Fsp3) is 0.722. The van der Waals surface area contributed by atoms with Crippen molar-refractivity contribution in [1.82, 2.24) is 19.8 Å². The summed E-state index contributed by atoms with van der Waals surface area (Å²) in [5.41, 5.74) is -0.170. The van der Waals surface area contributed by atoms with Crippen LogP contribution < -0.4 is 5.32 Å². The number of aromatic nitrogens is 2. The average molecular weight is 329 g/mol. The SMILES string of the molecule is CN1C(=O)CC[C@@H](NC2CCC(C)(C#N)CC2)[C@@H]1c1nccn1C. The zero-order chi connectivity index (χ0) is 17.3. The van der Waals surface area contributed by atoms with Crippen LogP contribution in [0.1, 0.15) is 57.3 Å². The fourth-order valence-corrected chi connectivity index (χ4v) is 4.06. The lowest BCUT2D eigenvalue weighted by atomic mass is 9.75. The molecule has 3 rings (SSSR count). The van der Waals surface area contributed by atoms with Gasteiger partial charge in [-0.25, -0.2) is 4.98 Å². The Morgan fingerprint density at radius 3 is 2.62 bits per heavy atom. The number of hydrogen-bond donors (Lipinski definition) is 1. The lowest BCUT2D eigenvalue weighted by Crippen LogP contribution is -2.53. The quantitative estimate of drug-likeness (QED) is 0.922. The van der Waals surface area contributed by atoms with Crippen LogP contribution in [-0.4, -0.2) is 39.5 Å². The molecule has 0 unspecified atom stereocenters. The molecule has 0 radical (unpaired) electrons. The number of carbonyl (C=O) groups excluding carboxylic acids is 1. The second-order valence-corrected chi connectivity index (χ2v) is 7.60. The molecule has 2 heterocycles. The first-order valence-electron chi connectivity index (χ1n) is 8.84. The number of aryl methyl sites for hydroxylation is 1. The van der Waals surface area contributed by atoms with E-state index in [0.29, 0.717) is 12.5 Å². The number of nitriles is 1. The third-order valence-corrected chi connectivity index (χ3v) is 5.79. The summed E-state index contributed by atoms with van der Waals surface area (Å²) in [4.78, 5) is 18.5. The predicted molar refractivity (Wildman–Crippen MR) is 90.9 cm³/mol. The van der Waals surface area contributed by atoms with Crippen molar-refractivity contribution < 1.29 is 4.79 Å². The van der Waals surface area contributed by atoms with Crippen molar-refractivity contribution >= 4 is 5.91 Å². The molecule has 24 heavy (non-hydrogen) atoms. The van der Waals surface area contributed by atoms with Gasteiger partial charge < -0.3 is 14.8 Å². The number of imidazole rings is 1. The number of piperidine rings is 1. The third-order valence-electron chi connectivity index (χ3n) is 5.79. The van der Waals surface area contributed by atoms with E-state index in [1.807, 2.05) is 29.8 Å². The molecule has 1 aromatic heterocycles. The Labute approximate surface area is 143 Å². The minimum atomic E-state index is -0.170. The van der Waals surface area contributed by atoms with Gasteiger partial charge in [0.25, 0.3) is 0 Å². The van der Waals surface area contributed by atoms with Crippen LogP contribution in [0.15, 0.2) is 12.4 Å². The van der Waals surface area contributed by atoms with E-state index in [1.165, 1.54) is 0 Å². The van der Waals surface area contributed by atoms with Crippen molar-refractivity contribution in [1.29, 1.82) is 5.26 Å². The van der Waals surface area contributed by atoms with Gasteiger partial charge >= 0.3 is 0 Å². The molecule has 1 amide bonds. The summed E-state index contributed by atoms with van der Waals surface area (Å²) in [6, 6.07) is 3.06. The topological polar surface area (TPSA) is 74.0 Å². The third kappa shape index (κ3) is 3.18. The summed E-state index contributed by atoms with van der Waals surface area (Å²) in [6.45, 7) is 2.06. The Morgan fingerprint density at radius 2 is 2.04 bits per heavy atom. The van der Waals surface area contributed by atoms with Crippen molar-refractivity contribution in [3.05, 3.63) is 18.2 Å². The highest BCUT2D eigenvalue weighted by Crippen LogP contribution is 2.37. The molecule has 1 N–H and O–H groups in total. The Balaban J connectivity index is 1.73. The van der Waals surface area contributed by atoms with Crippen LogP contribution in [0.25, 0.3) is 0 Å². The van der Waals surface area contributed by atoms with Crippen molar-refractivity contribution in [3.63, 3.8) is 0 Å². The van der Waals surface area contributed by atoms with Crippen molar-refractivity contribution in [2.24, 2.45) is 12.5 Å². The zero-order valence-corrected chi connectivity index (χ0v) is 14.8. The molecule has 1 saturated carbocycles. The van der Waals surface area contributed by atoms with Crippen LogP contribution >= 0.6 is 0 Å². The van der Waals surface area contributed by atoms with E-state index >= 15 is 0 Å². The van der Waals surface area contributed by atoms with Crippen LogP contribution in [0.5, 0.6) is 0 Å². The standard InChI is InChI=1S/C18H27N5O/c1-18(12-19)8-6-13(7-9-18)21-14-4-5-15(24)23(3)16(14)17-20-10-11-22(17)2/h10-11,13-14,16,21H,4-9H2,1-3H3/t13?,14-,16-,18?/m1/s1. The van der Waals surface area contributed by atoms with Gasteiger partial charge in [-0.2, -0.15) is 5.26 Å². The number of carbonyl (C=O) groups is 1. The summed E-state index contributed by atoms with van der Waals surface area (Å²) < 4.78 is 2.00. The second kappa shape index (κ2) is 6.56. The molecular weight excluding hydrogens is 302 g/mol. The van der Waals surface area contributed by atoms with E-state index in [-0.39, 0.29) is 23.4 Å². The number of hydrogen-bond acceptors (Lipinski definition) is 4. The molecule has 0 aromatic carbocycles. The summed E-state index contributed by atoms with van der Waals surface area (Å²) in [7, 11) is 3.86. The predicted octanol–water partition coefficient (Wildman–Crippen LogP) is 2.14. The monoisotopic (exact) mass is 329 g/mol. The second-order valence-electron chi connectivity index (χ2n) is 7.60. The molecule has 1 aliphatic heterocycles. The van der Waals surface area contributed by atoms with E-state index in [0.717, 1.165) is 37.9 Å². The first-order valence-corrected chi connectivity index (χ1v) is 8.84. The maximum atomic E-state index is 12.2. The molecule has 1 aromatic rings. The van der Waals surface area contributed by atoms with Crippen LogP contribution in [0, 0.1) is 16.7 Å². The number of likely N-dealkylation sites (N-methyl/N-ethyl adjacent to an activating group) is 1. The van der Waals surface area contributed by atoms with Gasteiger partial charge in [0.1, 0.15) is 11.9 Å². The van der Waals surface area contributed by atoms with Crippen molar-refractivity contribution in [2.45, 2.75) is 63.6 Å². The van der Waals surface area contributed by atoms with E-state index < -0.39 is 0 Å². The Kier molecular flexibility index (Phi) is 4.64. The smallest absolute Gasteiger partial charge is 0.223 e. The minimum Gasteiger partial charge on any atom is -0.336 e. The molecule has 1 aliphatic carbocycles. The van der Waals surface area contributed by atoms with Gasteiger partial charge in [0, 0.05) is 45.0 Å². The van der Waals surface area contributed by atoms with Crippen LogP contribution in [-0.2, 0) is 11.8 Å². The maximum Gasteiger partial charge on any atom is 0.223 e. The van der Waals surface area contributed by atoms with E-state index in [1.54, 1.807) is 6.20 Å². The minimum absolute atomic E-state index is 0.0319. The lowest BCUT2D eigenvalue weighted by Gasteiger charge is -2.42. The van der Waals surface area contributed by atoms with Gasteiger partial charge in [-0.15, -0.1) is 0 Å². The summed E-state index contributed by atoms with van der Waals surface area (Å²) >= 11 is 0. The van der Waals surface area contributed by atoms with Crippen LogP contribution in [0.3, 0.4) is 0 Å². The zero-order valence-electron chi connectivity index (χ0n) is 14.8. The molecule has 2 atom stereocenters. The van der Waals surface area contributed by atoms with Gasteiger partial charge in [0.2, 0.25) is 5.91 Å². The van der Waals surface area contributed by atoms with E-state index in [9.17, 15) is 10.1 Å². The summed E-state index contributed by atoms with van der Waals surface area (Å²) in [6.07, 6.45) is 9.06. The molecule has 1 saturated heterocycles. The van der Waals surface area contributed by atoms with Crippen molar-refractivity contribution in [3.8, 4) is 6.07 Å². The average Bonchev–Trinajstić information content (AvgIpc) is 2.99. The fourth-order valence-electron chi connectivity index (χ4n) is 4.06. The Morgan fingerprint density at radius 1 is 1.33 bits per heavy atom. The first kappa shape index (κ1) is 17.0. The highest BCUT2D eigenvalue weighted by Gasteiger charge is 2.39. The number of likely N-dealkylation sites (tertiary alicyclic amines) is 1. The maximum absolute atomic E-state index is 12.2. The summed E-state index contributed by atoms with van der Waals surface area (Å²) in [5, 5.41) is 13.1. The van der Waals surface area contributed by atoms with Gasteiger partial charge in [-0.05, 0) is 39.0 Å². The number of nitrogens with one attached hydrogen (secondary N) is 1. The molecule has 0 bridgehead atoms. The van der Waals surface area contributed by atoms with Crippen molar-refractivity contribution in [2.75, 3.05) is 7.05 Å². The van der Waals surface area contributed by atoms with Gasteiger partial charge in [0.15, 0.2) is 0 Å². The van der Waals surface area contributed by atoms with Crippen LogP contribution in [0.4, 0.5) is 0 Å². The van der Waals surface area contributed by atoms with Gasteiger partial charge in [0.05, 0.1) is 11.5 Å². The highest BCUT2D eigenvalue weighted by atomic mass is 16.2. The molecular formula is C18H27N5O. The summed E-state index contributed by atoms with van der Waals surface area (Å²) in [5.74, 6) is 1.11. The van der Waals surface area contributed by atoms with E-state index in [4.69, 9.17) is 0 Å². The molecule has 2 fully saturated rings.